The topological polar surface area (TPSA) is 66.5 Å². The Kier molecular flexibility index (Phi) is 4.82. The van der Waals surface area contributed by atoms with E-state index in [0.29, 0.717) is 30.4 Å². The van der Waals surface area contributed by atoms with Crippen LogP contribution in [0.25, 0.3) is 0 Å². The lowest BCUT2D eigenvalue weighted by molar-refractivity contribution is 0.0959. The van der Waals surface area contributed by atoms with Crippen molar-refractivity contribution in [2.75, 3.05) is 19.6 Å². The largest absolute Gasteiger partial charge is 0.352 e. The van der Waals surface area contributed by atoms with Crippen LogP contribution in [0.4, 0.5) is 0 Å². The van der Waals surface area contributed by atoms with Gasteiger partial charge in [0.05, 0.1) is 9.77 Å². The van der Waals surface area contributed by atoms with Crippen molar-refractivity contribution in [2.45, 2.75) is 31.6 Å². The molecule has 0 bridgehead atoms. The molecule has 1 aromatic heterocycles. The predicted molar refractivity (Wildman–Crippen MR) is 79.5 cm³/mol. The van der Waals surface area contributed by atoms with Gasteiger partial charge in [0.15, 0.2) is 0 Å². The predicted octanol–water partition coefficient (Wildman–Crippen LogP) is 1.92. The van der Waals surface area contributed by atoms with Gasteiger partial charge < -0.3 is 5.32 Å². The average Bonchev–Trinajstić information content (AvgIpc) is 2.89. The lowest BCUT2D eigenvalue weighted by Crippen LogP contribution is -2.38. The fourth-order valence-electron chi connectivity index (χ4n) is 2.33. The van der Waals surface area contributed by atoms with E-state index < -0.39 is 10.0 Å². The minimum atomic E-state index is -3.46. The molecule has 7 heteroatoms. The Balaban J connectivity index is 2.19. The number of rotatable bonds is 4. The third-order valence-electron chi connectivity index (χ3n) is 3.39. The lowest BCUT2D eigenvalue weighted by atomic mass is 10.0. The van der Waals surface area contributed by atoms with Gasteiger partial charge in [-0.05, 0) is 31.7 Å². The van der Waals surface area contributed by atoms with Crippen LogP contribution in [0.1, 0.15) is 36.4 Å². The quantitative estimate of drug-likeness (QED) is 0.923. The third-order valence-corrected chi connectivity index (χ3v) is 6.32. The van der Waals surface area contributed by atoms with Crippen LogP contribution in [0.5, 0.6) is 0 Å². The zero-order valence-corrected chi connectivity index (χ0v) is 13.4. The number of thiophene rings is 1. The number of piperidine rings is 1. The van der Waals surface area contributed by atoms with Crippen molar-refractivity contribution in [3.05, 3.63) is 16.3 Å². The average molecular weight is 316 g/mol. The maximum atomic E-state index is 12.5. The summed E-state index contributed by atoms with van der Waals surface area (Å²) in [7, 11) is -3.46. The summed E-state index contributed by atoms with van der Waals surface area (Å²) < 4.78 is 26.6. The summed E-state index contributed by atoms with van der Waals surface area (Å²) in [6.45, 7) is 5.56. The minimum absolute atomic E-state index is 0.217. The van der Waals surface area contributed by atoms with Crippen LogP contribution in [-0.4, -0.2) is 38.3 Å². The summed E-state index contributed by atoms with van der Waals surface area (Å²) in [5, 5.41) is 4.23. The van der Waals surface area contributed by atoms with E-state index in [1.807, 2.05) is 6.92 Å². The molecule has 1 amide bonds. The van der Waals surface area contributed by atoms with E-state index in [1.165, 1.54) is 21.7 Å². The third kappa shape index (κ3) is 3.21. The van der Waals surface area contributed by atoms with Gasteiger partial charge in [0.1, 0.15) is 0 Å². The normalized spacial score (nSPS) is 20.8. The van der Waals surface area contributed by atoms with Crippen LogP contribution >= 0.6 is 11.3 Å². The summed E-state index contributed by atoms with van der Waals surface area (Å²) in [4.78, 5) is 12.4. The van der Waals surface area contributed by atoms with E-state index in [2.05, 4.69) is 12.2 Å². The van der Waals surface area contributed by atoms with Gasteiger partial charge in [-0.25, -0.2) is 8.42 Å². The summed E-state index contributed by atoms with van der Waals surface area (Å²) >= 11 is 1.17. The number of carbonyl (C=O) groups is 1. The smallest absolute Gasteiger partial charge is 0.261 e. The SMILES string of the molecule is CCNC(=O)c1cc(S(=O)(=O)N2CCC[C@@H](C)C2)cs1. The molecular weight excluding hydrogens is 296 g/mol. The van der Waals surface area contributed by atoms with E-state index in [4.69, 9.17) is 0 Å². The van der Waals surface area contributed by atoms with Crippen molar-refractivity contribution < 1.29 is 13.2 Å². The van der Waals surface area contributed by atoms with Crippen molar-refractivity contribution in [2.24, 2.45) is 5.92 Å². The highest BCUT2D eigenvalue weighted by Crippen LogP contribution is 2.26. The van der Waals surface area contributed by atoms with Gasteiger partial charge >= 0.3 is 0 Å². The van der Waals surface area contributed by atoms with Crippen LogP contribution < -0.4 is 5.32 Å². The lowest BCUT2D eigenvalue weighted by Gasteiger charge is -2.29. The standard InChI is InChI=1S/C13H20N2O3S2/c1-3-14-13(16)12-7-11(9-19-12)20(17,18)15-6-4-5-10(2)8-15/h7,9-10H,3-6,8H2,1-2H3,(H,14,16)/t10-/m1/s1. The molecule has 0 saturated carbocycles. The van der Waals surface area contributed by atoms with Gasteiger partial charge in [-0.15, -0.1) is 11.3 Å². The maximum Gasteiger partial charge on any atom is 0.261 e. The van der Waals surface area contributed by atoms with Gasteiger partial charge in [0, 0.05) is 25.0 Å². The monoisotopic (exact) mass is 316 g/mol. The molecular formula is C13H20N2O3S2. The van der Waals surface area contributed by atoms with Crippen LogP contribution in [0, 0.1) is 5.92 Å². The van der Waals surface area contributed by atoms with E-state index in [1.54, 1.807) is 5.38 Å². The molecule has 0 unspecified atom stereocenters. The number of hydrogen-bond acceptors (Lipinski definition) is 4. The van der Waals surface area contributed by atoms with Crippen LogP contribution in [-0.2, 0) is 10.0 Å². The summed E-state index contributed by atoms with van der Waals surface area (Å²) in [6, 6.07) is 1.48. The first-order valence-electron chi connectivity index (χ1n) is 6.82. The van der Waals surface area contributed by atoms with E-state index >= 15 is 0 Å². The zero-order chi connectivity index (χ0) is 14.8. The van der Waals surface area contributed by atoms with Gasteiger partial charge in [0.2, 0.25) is 10.0 Å². The highest BCUT2D eigenvalue weighted by Gasteiger charge is 2.29. The molecule has 1 aliphatic rings. The first kappa shape index (κ1) is 15.5. The second-order valence-corrected chi connectivity index (χ2v) is 7.97. The number of amides is 1. The van der Waals surface area contributed by atoms with Crippen molar-refractivity contribution in [1.29, 1.82) is 0 Å². The number of nitrogens with zero attached hydrogens (tertiary/aromatic N) is 1. The van der Waals surface area contributed by atoms with Gasteiger partial charge in [-0.1, -0.05) is 6.92 Å². The Morgan fingerprint density at radius 1 is 1.55 bits per heavy atom. The van der Waals surface area contributed by atoms with E-state index in [0.717, 1.165) is 12.8 Å². The Labute approximate surface area is 124 Å². The zero-order valence-electron chi connectivity index (χ0n) is 11.8. The summed E-state index contributed by atoms with van der Waals surface area (Å²) in [6.07, 6.45) is 1.97. The highest BCUT2D eigenvalue weighted by molar-refractivity contribution is 7.89. The number of hydrogen-bond donors (Lipinski definition) is 1. The van der Waals surface area contributed by atoms with Crippen molar-refractivity contribution in [3.63, 3.8) is 0 Å². The Hall–Kier alpha value is -0.920. The number of carbonyl (C=O) groups excluding carboxylic acids is 1. The molecule has 1 N–H and O–H groups in total. The fraction of sp³-hybridized carbons (Fsp3) is 0.615. The molecule has 1 aliphatic heterocycles. The molecule has 0 spiro atoms. The van der Waals surface area contributed by atoms with Crippen LogP contribution in [0.3, 0.4) is 0 Å². The van der Waals surface area contributed by atoms with E-state index in [-0.39, 0.29) is 10.8 Å². The van der Waals surface area contributed by atoms with Crippen molar-refractivity contribution in [3.8, 4) is 0 Å². The first-order valence-corrected chi connectivity index (χ1v) is 9.14. The van der Waals surface area contributed by atoms with Crippen LogP contribution in [0.2, 0.25) is 0 Å². The molecule has 1 aromatic rings. The molecule has 1 saturated heterocycles. The Morgan fingerprint density at radius 2 is 2.30 bits per heavy atom. The van der Waals surface area contributed by atoms with Gasteiger partial charge in [0.25, 0.3) is 5.91 Å². The molecule has 1 atom stereocenters. The molecule has 5 nitrogen and oxygen atoms in total. The molecule has 2 rings (SSSR count). The molecule has 2 heterocycles. The first-order chi connectivity index (χ1) is 9.45. The molecule has 0 aliphatic carbocycles. The second-order valence-electron chi connectivity index (χ2n) is 5.12. The minimum Gasteiger partial charge on any atom is -0.352 e. The van der Waals surface area contributed by atoms with Gasteiger partial charge in [-0.3, -0.25) is 4.79 Å². The van der Waals surface area contributed by atoms with Crippen molar-refractivity contribution >= 4 is 27.3 Å². The van der Waals surface area contributed by atoms with Gasteiger partial charge in [-0.2, -0.15) is 4.31 Å². The molecule has 112 valence electrons. The maximum absolute atomic E-state index is 12.5. The van der Waals surface area contributed by atoms with Crippen LogP contribution in [0.15, 0.2) is 16.3 Å². The fourth-order valence-corrected chi connectivity index (χ4v) is 5.11. The van der Waals surface area contributed by atoms with Crippen molar-refractivity contribution in [1.82, 2.24) is 9.62 Å². The Morgan fingerprint density at radius 3 is 2.95 bits per heavy atom. The summed E-state index contributed by atoms with van der Waals surface area (Å²) in [5.74, 6) is 0.172. The van der Waals surface area contributed by atoms with E-state index in [9.17, 15) is 13.2 Å². The number of sulfonamides is 1. The second kappa shape index (κ2) is 6.24. The summed E-state index contributed by atoms with van der Waals surface area (Å²) in [5.41, 5.74) is 0. The Bertz CT molecular complexity index is 580. The molecule has 0 radical (unpaired) electrons. The molecule has 20 heavy (non-hydrogen) atoms. The number of nitrogens with one attached hydrogen (secondary N) is 1. The molecule has 1 fully saturated rings. The molecule has 0 aromatic carbocycles. The highest BCUT2D eigenvalue weighted by atomic mass is 32.2.